The van der Waals surface area contributed by atoms with Gasteiger partial charge in [-0.2, -0.15) is 0 Å². The topological polar surface area (TPSA) is 75.2 Å². The third-order valence-corrected chi connectivity index (χ3v) is 5.51. The van der Waals surface area contributed by atoms with Gasteiger partial charge < -0.3 is 10.2 Å². The van der Waals surface area contributed by atoms with Gasteiger partial charge in [0.1, 0.15) is 0 Å². The molecular weight excluding hydrogens is 348 g/mol. The second-order valence-electron chi connectivity index (χ2n) is 6.65. The minimum Gasteiger partial charge on any atom is -0.352 e. The zero-order valence-electron chi connectivity index (χ0n) is 15.2. The van der Waals surface area contributed by atoms with Gasteiger partial charge in [-0.1, -0.05) is 0 Å². The summed E-state index contributed by atoms with van der Waals surface area (Å²) < 4.78 is 0. The number of anilines is 1. The number of rotatable bonds is 6. The van der Waals surface area contributed by atoms with Crippen molar-refractivity contribution in [3.8, 4) is 0 Å². The van der Waals surface area contributed by atoms with Crippen molar-refractivity contribution >= 4 is 29.0 Å². The lowest BCUT2D eigenvalue weighted by Crippen LogP contribution is -2.48. The Kier molecular flexibility index (Phi) is 5.98. The van der Waals surface area contributed by atoms with E-state index in [1.54, 1.807) is 29.8 Å². The van der Waals surface area contributed by atoms with Crippen LogP contribution < -0.4 is 10.2 Å². The Balaban J connectivity index is 1.48. The summed E-state index contributed by atoms with van der Waals surface area (Å²) in [6.45, 7) is 5.54. The number of hydrogen-bond donors (Lipinski definition) is 1. The number of amides is 1. The number of carbonyl (C=O) groups excluding carboxylic acids is 2. The number of piperidine rings is 1. The van der Waals surface area contributed by atoms with E-state index >= 15 is 0 Å². The summed E-state index contributed by atoms with van der Waals surface area (Å²) >= 11 is 1.62. The summed E-state index contributed by atoms with van der Waals surface area (Å²) in [5, 5.41) is 3.06. The average Bonchev–Trinajstić information content (AvgIpc) is 2.99. The van der Waals surface area contributed by atoms with Crippen molar-refractivity contribution in [2.75, 3.05) is 18.0 Å². The van der Waals surface area contributed by atoms with E-state index < -0.39 is 0 Å². The van der Waals surface area contributed by atoms with Gasteiger partial charge in [-0.3, -0.25) is 9.59 Å². The van der Waals surface area contributed by atoms with Crippen LogP contribution in [-0.2, 0) is 4.79 Å². The number of nitrogens with zero attached hydrogens (tertiary/aromatic N) is 3. The van der Waals surface area contributed by atoms with Crippen molar-refractivity contribution < 1.29 is 9.59 Å². The summed E-state index contributed by atoms with van der Waals surface area (Å²) in [6.07, 6.45) is 5.85. The predicted octanol–water partition coefficient (Wildman–Crippen LogP) is 2.90. The first kappa shape index (κ1) is 18.5. The van der Waals surface area contributed by atoms with Gasteiger partial charge in [-0.05, 0) is 38.8 Å². The molecule has 3 rings (SSSR count). The van der Waals surface area contributed by atoms with Crippen molar-refractivity contribution in [3.63, 3.8) is 0 Å². The summed E-state index contributed by atoms with van der Waals surface area (Å²) in [6, 6.07) is 3.78. The molecule has 1 aliphatic heterocycles. The fourth-order valence-corrected chi connectivity index (χ4v) is 4.24. The fourth-order valence-electron chi connectivity index (χ4n) is 3.30. The van der Waals surface area contributed by atoms with E-state index in [1.807, 2.05) is 19.9 Å². The molecule has 3 heterocycles. The minimum atomic E-state index is -0.0659. The van der Waals surface area contributed by atoms with Gasteiger partial charge in [0.2, 0.25) is 11.9 Å². The van der Waals surface area contributed by atoms with E-state index in [0.717, 1.165) is 34.7 Å². The maximum absolute atomic E-state index is 12.3. The first-order valence-electron chi connectivity index (χ1n) is 8.94. The van der Waals surface area contributed by atoms with Gasteiger partial charge in [0.05, 0.1) is 0 Å². The smallest absolute Gasteiger partial charge is 0.225 e. The number of thiophene rings is 1. The summed E-state index contributed by atoms with van der Waals surface area (Å²) in [5.41, 5.74) is 0.755. The number of Topliss-reactive ketones (excluding diaryl/α,β-unsaturated/α-hetero) is 1. The highest BCUT2D eigenvalue weighted by atomic mass is 32.1. The Bertz CT molecular complexity index is 775. The largest absolute Gasteiger partial charge is 0.352 e. The number of aromatic nitrogens is 2. The molecule has 0 bridgehead atoms. The van der Waals surface area contributed by atoms with Gasteiger partial charge in [0.15, 0.2) is 5.78 Å². The molecule has 1 aliphatic rings. The lowest BCUT2D eigenvalue weighted by atomic mass is 10.0. The van der Waals surface area contributed by atoms with Crippen molar-refractivity contribution in [1.29, 1.82) is 0 Å². The number of aryl methyl sites for hydroxylation is 2. The highest BCUT2D eigenvalue weighted by Gasteiger charge is 2.23. The molecule has 0 saturated carbocycles. The maximum Gasteiger partial charge on any atom is 0.225 e. The molecule has 138 valence electrons. The molecule has 26 heavy (non-hydrogen) atoms. The Labute approximate surface area is 157 Å². The monoisotopic (exact) mass is 372 g/mol. The fraction of sp³-hybridized carbons (Fsp3) is 0.474. The van der Waals surface area contributed by atoms with Crippen LogP contribution in [0.1, 0.15) is 45.8 Å². The van der Waals surface area contributed by atoms with Crippen LogP contribution in [0.5, 0.6) is 0 Å². The molecule has 0 aromatic carbocycles. The van der Waals surface area contributed by atoms with Crippen LogP contribution in [0.15, 0.2) is 24.5 Å². The van der Waals surface area contributed by atoms with Crippen LogP contribution in [-0.4, -0.2) is 40.8 Å². The van der Waals surface area contributed by atoms with Crippen molar-refractivity contribution in [1.82, 2.24) is 15.3 Å². The maximum atomic E-state index is 12.3. The van der Waals surface area contributed by atoms with Gasteiger partial charge in [-0.25, -0.2) is 9.97 Å². The summed E-state index contributed by atoms with van der Waals surface area (Å²) in [4.78, 5) is 37.4. The Morgan fingerprint density at radius 2 is 2.04 bits per heavy atom. The molecule has 2 aromatic rings. The van der Waals surface area contributed by atoms with Gasteiger partial charge >= 0.3 is 0 Å². The van der Waals surface area contributed by atoms with Crippen LogP contribution in [0.4, 0.5) is 5.95 Å². The molecule has 0 aliphatic carbocycles. The normalized spacial score (nSPS) is 17.2. The second-order valence-corrected chi connectivity index (χ2v) is 8.11. The average molecular weight is 372 g/mol. The molecule has 0 unspecified atom stereocenters. The quantitative estimate of drug-likeness (QED) is 0.789. The first-order chi connectivity index (χ1) is 12.5. The van der Waals surface area contributed by atoms with E-state index in [9.17, 15) is 9.59 Å². The number of hydrogen-bond acceptors (Lipinski definition) is 6. The van der Waals surface area contributed by atoms with E-state index in [-0.39, 0.29) is 30.6 Å². The highest BCUT2D eigenvalue weighted by Crippen LogP contribution is 2.22. The third kappa shape index (κ3) is 4.66. The van der Waals surface area contributed by atoms with E-state index in [0.29, 0.717) is 12.5 Å². The Morgan fingerprint density at radius 1 is 1.27 bits per heavy atom. The number of carbonyl (C=O) groups is 2. The zero-order valence-corrected chi connectivity index (χ0v) is 16.0. The van der Waals surface area contributed by atoms with Crippen molar-refractivity contribution in [2.24, 2.45) is 0 Å². The van der Waals surface area contributed by atoms with Gasteiger partial charge in [0, 0.05) is 59.7 Å². The minimum absolute atomic E-state index is 0.0463. The lowest BCUT2D eigenvalue weighted by molar-refractivity contribution is -0.121. The van der Waals surface area contributed by atoms with Crippen molar-refractivity contribution in [2.45, 2.75) is 45.6 Å². The molecular formula is C19H24N4O2S. The molecule has 1 amide bonds. The lowest BCUT2D eigenvalue weighted by Gasteiger charge is -2.33. The number of ketones is 1. The SMILES string of the molecule is Cc1cc(C(=O)CCC(=O)N[C@@H]2CCCN(c3ncccn3)C2)c(C)s1. The second kappa shape index (κ2) is 8.40. The Morgan fingerprint density at radius 3 is 2.73 bits per heavy atom. The van der Waals surface area contributed by atoms with Gasteiger partial charge in [0.25, 0.3) is 0 Å². The molecule has 0 spiro atoms. The predicted molar refractivity (Wildman–Crippen MR) is 103 cm³/mol. The van der Waals surface area contributed by atoms with Crippen LogP contribution in [0.2, 0.25) is 0 Å². The van der Waals surface area contributed by atoms with Gasteiger partial charge in [-0.15, -0.1) is 11.3 Å². The summed E-state index contributed by atoms with van der Waals surface area (Å²) in [7, 11) is 0. The first-order valence-corrected chi connectivity index (χ1v) is 9.76. The van der Waals surface area contributed by atoms with Crippen LogP contribution in [0.25, 0.3) is 0 Å². The van der Waals surface area contributed by atoms with Crippen LogP contribution in [0.3, 0.4) is 0 Å². The Hall–Kier alpha value is -2.28. The third-order valence-electron chi connectivity index (χ3n) is 4.54. The van der Waals surface area contributed by atoms with E-state index in [2.05, 4.69) is 20.2 Å². The molecule has 0 radical (unpaired) electrons. The number of nitrogens with one attached hydrogen (secondary N) is 1. The molecule has 6 nitrogen and oxygen atoms in total. The molecule has 1 N–H and O–H groups in total. The van der Waals surface area contributed by atoms with E-state index in [1.165, 1.54) is 0 Å². The van der Waals surface area contributed by atoms with Crippen LogP contribution >= 0.6 is 11.3 Å². The van der Waals surface area contributed by atoms with E-state index in [4.69, 9.17) is 0 Å². The molecule has 7 heteroatoms. The molecule has 1 fully saturated rings. The summed E-state index contributed by atoms with van der Waals surface area (Å²) in [5.74, 6) is 0.679. The molecule has 1 saturated heterocycles. The zero-order chi connectivity index (χ0) is 18.5. The standard InChI is InChI=1S/C19H24N4O2S/c1-13-11-16(14(2)26-13)17(24)6-7-18(25)22-15-5-3-10-23(12-15)19-20-8-4-9-21-19/h4,8-9,11,15H,3,5-7,10,12H2,1-2H3,(H,22,25)/t15-/m1/s1. The van der Waals surface area contributed by atoms with Crippen LogP contribution in [0, 0.1) is 13.8 Å². The highest BCUT2D eigenvalue weighted by molar-refractivity contribution is 7.12. The molecule has 1 atom stereocenters. The van der Waals surface area contributed by atoms with Crippen molar-refractivity contribution in [3.05, 3.63) is 39.8 Å². The molecule has 2 aromatic heterocycles.